The zero-order valence-electron chi connectivity index (χ0n) is 15.6. The summed E-state index contributed by atoms with van der Waals surface area (Å²) in [5.41, 5.74) is 2.27. The number of rotatable bonds is 6. The Labute approximate surface area is 155 Å². The molecule has 1 aromatic carbocycles. The van der Waals surface area contributed by atoms with E-state index in [2.05, 4.69) is 35.4 Å². The zero-order valence-corrected chi connectivity index (χ0v) is 15.6. The molecule has 0 radical (unpaired) electrons. The molecule has 2 aliphatic rings. The fourth-order valence-corrected chi connectivity index (χ4v) is 4.71. The molecule has 1 atom stereocenters. The van der Waals surface area contributed by atoms with Crippen molar-refractivity contribution < 1.29 is 4.79 Å². The molecule has 4 heteroatoms. The lowest BCUT2D eigenvalue weighted by molar-refractivity contribution is -0.127. The largest absolute Gasteiger partial charge is 0.338 e. The average Bonchev–Trinajstić information content (AvgIpc) is 3.22. The van der Waals surface area contributed by atoms with Crippen molar-refractivity contribution in [1.29, 1.82) is 0 Å². The number of para-hydroxylation sites is 2. The first kappa shape index (κ1) is 17.3. The molecule has 4 rings (SSSR count). The third kappa shape index (κ3) is 3.42. The van der Waals surface area contributed by atoms with Gasteiger partial charge in [0.2, 0.25) is 5.91 Å². The van der Waals surface area contributed by atoms with Crippen LogP contribution in [-0.2, 0) is 11.3 Å². The number of aryl methyl sites for hydroxylation is 1. The Bertz CT molecular complexity index is 788. The van der Waals surface area contributed by atoms with E-state index in [1.54, 1.807) is 0 Å². The topological polar surface area (TPSA) is 38.1 Å². The second-order valence-electron chi connectivity index (χ2n) is 7.89. The lowest BCUT2D eigenvalue weighted by Gasteiger charge is -2.22. The van der Waals surface area contributed by atoms with Gasteiger partial charge >= 0.3 is 0 Å². The number of carbonyl (C=O) groups is 1. The molecule has 2 fully saturated rings. The average molecular weight is 351 g/mol. The van der Waals surface area contributed by atoms with Gasteiger partial charge in [0, 0.05) is 32.0 Å². The Kier molecular flexibility index (Phi) is 5.09. The number of nitrogens with zero attached hydrogens (tertiary/aromatic N) is 3. The monoisotopic (exact) mass is 351 g/mol. The molecule has 2 heterocycles. The van der Waals surface area contributed by atoms with Gasteiger partial charge in [-0.15, -0.1) is 6.58 Å². The van der Waals surface area contributed by atoms with E-state index in [4.69, 9.17) is 4.98 Å². The van der Waals surface area contributed by atoms with Crippen LogP contribution in [0.4, 0.5) is 0 Å². The lowest BCUT2D eigenvalue weighted by atomic mass is 9.87. The predicted molar refractivity (Wildman–Crippen MR) is 105 cm³/mol. The van der Waals surface area contributed by atoms with Gasteiger partial charge in [-0.2, -0.15) is 0 Å². The number of likely N-dealkylation sites (tertiary alicyclic amines) is 1. The van der Waals surface area contributed by atoms with Crippen molar-refractivity contribution in [2.24, 2.45) is 5.92 Å². The summed E-state index contributed by atoms with van der Waals surface area (Å²) in [5, 5.41) is 0. The van der Waals surface area contributed by atoms with Crippen LogP contribution in [0.15, 0.2) is 36.9 Å². The Morgan fingerprint density at radius 1 is 1.19 bits per heavy atom. The number of benzene rings is 1. The minimum Gasteiger partial charge on any atom is -0.338 e. The molecule has 1 saturated carbocycles. The molecule has 1 aliphatic carbocycles. The molecule has 0 spiro atoms. The van der Waals surface area contributed by atoms with Crippen LogP contribution < -0.4 is 0 Å². The molecular weight excluding hydrogens is 322 g/mol. The highest BCUT2D eigenvalue weighted by atomic mass is 16.2. The maximum atomic E-state index is 12.3. The Morgan fingerprint density at radius 2 is 2.00 bits per heavy atom. The van der Waals surface area contributed by atoms with Crippen LogP contribution in [0.5, 0.6) is 0 Å². The third-order valence-corrected chi connectivity index (χ3v) is 6.10. The van der Waals surface area contributed by atoms with Crippen molar-refractivity contribution in [3.63, 3.8) is 0 Å². The molecule has 0 unspecified atom stereocenters. The smallest absolute Gasteiger partial charge is 0.223 e. The first-order valence-corrected chi connectivity index (χ1v) is 10.1. The standard InChI is InChI=1S/C22H29N3O/c1-2-13-24-16-18(15-21(24)26)22-23-19-10-6-7-11-20(19)25(22)14-12-17-8-4-3-5-9-17/h2,6-7,10-11,17-18H,1,3-5,8-9,12-16H2/t18-/m0/s1. The van der Waals surface area contributed by atoms with Gasteiger partial charge in [0.1, 0.15) is 5.82 Å². The summed E-state index contributed by atoms with van der Waals surface area (Å²) >= 11 is 0. The highest BCUT2D eigenvalue weighted by molar-refractivity contribution is 5.81. The van der Waals surface area contributed by atoms with Gasteiger partial charge in [0.15, 0.2) is 0 Å². The van der Waals surface area contributed by atoms with E-state index in [1.807, 2.05) is 11.0 Å². The highest BCUT2D eigenvalue weighted by Gasteiger charge is 2.33. The first-order valence-electron chi connectivity index (χ1n) is 10.1. The number of carbonyl (C=O) groups excluding carboxylic acids is 1. The van der Waals surface area contributed by atoms with Gasteiger partial charge in [-0.25, -0.2) is 4.98 Å². The van der Waals surface area contributed by atoms with Crippen molar-refractivity contribution >= 4 is 16.9 Å². The summed E-state index contributed by atoms with van der Waals surface area (Å²) in [6, 6.07) is 8.41. The summed E-state index contributed by atoms with van der Waals surface area (Å²) in [5.74, 6) is 2.36. The highest BCUT2D eigenvalue weighted by Crippen LogP contribution is 2.32. The van der Waals surface area contributed by atoms with Gasteiger partial charge in [-0.3, -0.25) is 4.79 Å². The summed E-state index contributed by atoms with van der Waals surface area (Å²) in [4.78, 5) is 19.2. The van der Waals surface area contributed by atoms with E-state index >= 15 is 0 Å². The Hall–Kier alpha value is -2.10. The minimum atomic E-state index is 0.196. The van der Waals surface area contributed by atoms with Crippen molar-refractivity contribution in [3.8, 4) is 0 Å². The van der Waals surface area contributed by atoms with Crippen molar-refractivity contribution in [1.82, 2.24) is 14.5 Å². The lowest BCUT2D eigenvalue weighted by Crippen LogP contribution is -2.25. The van der Waals surface area contributed by atoms with E-state index in [0.717, 1.165) is 30.3 Å². The predicted octanol–water partition coefficient (Wildman–Crippen LogP) is 4.51. The van der Waals surface area contributed by atoms with Gasteiger partial charge < -0.3 is 9.47 Å². The molecule has 2 aromatic rings. The summed E-state index contributed by atoms with van der Waals surface area (Å²) in [6.45, 7) is 6.19. The van der Waals surface area contributed by atoms with E-state index < -0.39 is 0 Å². The second kappa shape index (κ2) is 7.65. The molecule has 0 bridgehead atoms. The van der Waals surface area contributed by atoms with Gasteiger partial charge in [0.05, 0.1) is 11.0 Å². The Morgan fingerprint density at radius 3 is 2.81 bits per heavy atom. The van der Waals surface area contributed by atoms with Crippen molar-refractivity contribution in [3.05, 3.63) is 42.7 Å². The Balaban J connectivity index is 1.59. The zero-order chi connectivity index (χ0) is 17.9. The van der Waals surface area contributed by atoms with Gasteiger partial charge in [-0.05, 0) is 24.5 Å². The summed E-state index contributed by atoms with van der Waals surface area (Å²) in [7, 11) is 0. The first-order chi connectivity index (χ1) is 12.8. The van der Waals surface area contributed by atoms with Crippen LogP contribution in [0.25, 0.3) is 11.0 Å². The normalized spacial score (nSPS) is 21.6. The minimum absolute atomic E-state index is 0.196. The SMILES string of the molecule is C=CCN1C[C@@H](c2nc3ccccc3n2CCC2CCCCC2)CC1=O. The van der Waals surface area contributed by atoms with Crippen LogP contribution in [0.3, 0.4) is 0 Å². The fraction of sp³-hybridized carbons (Fsp3) is 0.545. The van der Waals surface area contributed by atoms with Crippen molar-refractivity contribution in [2.75, 3.05) is 13.1 Å². The molecule has 26 heavy (non-hydrogen) atoms. The molecule has 1 aromatic heterocycles. The number of hydrogen-bond acceptors (Lipinski definition) is 2. The molecule has 138 valence electrons. The maximum absolute atomic E-state index is 12.3. The fourth-order valence-electron chi connectivity index (χ4n) is 4.71. The maximum Gasteiger partial charge on any atom is 0.223 e. The van der Waals surface area contributed by atoms with Crippen LogP contribution in [-0.4, -0.2) is 33.4 Å². The molecule has 1 amide bonds. The third-order valence-electron chi connectivity index (χ3n) is 6.10. The summed E-state index contributed by atoms with van der Waals surface area (Å²) < 4.78 is 2.40. The molecule has 1 aliphatic heterocycles. The number of imidazole rings is 1. The quantitative estimate of drug-likeness (QED) is 0.718. The van der Waals surface area contributed by atoms with E-state index in [9.17, 15) is 4.79 Å². The van der Waals surface area contributed by atoms with E-state index in [0.29, 0.717) is 13.0 Å². The number of fused-ring (bicyclic) bond motifs is 1. The van der Waals surface area contributed by atoms with Crippen molar-refractivity contribution in [2.45, 2.75) is 57.4 Å². The molecular formula is C22H29N3O. The number of aromatic nitrogens is 2. The van der Waals surface area contributed by atoms with Crippen LogP contribution in [0, 0.1) is 5.92 Å². The molecule has 0 N–H and O–H groups in total. The molecule has 1 saturated heterocycles. The van der Waals surface area contributed by atoms with Crippen LogP contribution >= 0.6 is 0 Å². The van der Waals surface area contributed by atoms with Crippen LogP contribution in [0.1, 0.15) is 56.7 Å². The molecule has 4 nitrogen and oxygen atoms in total. The summed E-state index contributed by atoms with van der Waals surface area (Å²) in [6.07, 6.45) is 10.5. The van der Waals surface area contributed by atoms with E-state index in [-0.39, 0.29) is 11.8 Å². The number of amides is 1. The van der Waals surface area contributed by atoms with Gasteiger partial charge in [-0.1, -0.05) is 50.3 Å². The van der Waals surface area contributed by atoms with Gasteiger partial charge in [0.25, 0.3) is 0 Å². The van der Waals surface area contributed by atoms with Crippen LogP contribution in [0.2, 0.25) is 0 Å². The number of hydrogen-bond donors (Lipinski definition) is 0. The van der Waals surface area contributed by atoms with E-state index in [1.165, 1.54) is 44.0 Å². The second-order valence-corrected chi connectivity index (χ2v) is 7.89.